The lowest BCUT2D eigenvalue weighted by atomic mass is 10.1. The molecular formula is C12H19N3O4S. The highest BCUT2D eigenvalue weighted by Crippen LogP contribution is 2.17. The Bertz CT molecular complexity index is 461. The SMILES string of the molecule is CC(C)c1cc(NC(=O)CSCCC(N)C(=O)O)on1. The first kappa shape index (κ1) is 16.5. The molecule has 7 nitrogen and oxygen atoms in total. The Labute approximate surface area is 121 Å². The van der Waals surface area contributed by atoms with Gasteiger partial charge in [-0.3, -0.25) is 14.9 Å². The summed E-state index contributed by atoms with van der Waals surface area (Å²) in [4.78, 5) is 22.1. The number of carboxylic acids is 1. The number of aromatic nitrogens is 1. The van der Waals surface area contributed by atoms with Crippen molar-refractivity contribution in [3.05, 3.63) is 11.8 Å². The van der Waals surface area contributed by atoms with Gasteiger partial charge in [0, 0.05) is 6.07 Å². The lowest BCUT2D eigenvalue weighted by Crippen LogP contribution is -2.30. The molecule has 0 bridgehead atoms. The molecule has 0 fully saturated rings. The summed E-state index contributed by atoms with van der Waals surface area (Å²) in [5, 5.41) is 15.0. The maximum absolute atomic E-state index is 11.6. The predicted octanol–water partition coefficient (Wildman–Crippen LogP) is 1.27. The lowest BCUT2D eigenvalue weighted by Gasteiger charge is -2.05. The number of carbonyl (C=O) groups is 2. The van der Waals surface area contributed by atoms with E-state index in [2.05, 4.69) is 10.5 Å². The van der Waals surface area contributed by atoms with Crippen LogP contribution in [0.1, 0.15) is 31.9 Å². The first-order chi connectivity index (χ1) is 9.40. The summed E-state index contributed by atoms with van der Waals surface area (Å²) in [7, 11) is 0. The van der Waals surface area contributed by atoms with Gasteiger partial charge in [0.05, 0.1) is 11.4 Å². The largest absolute Gasteiger partial charge is 0.480 e. The minimum absolute atomic E-state index is 0.212. The number of carboxylic acid groups (broad SMARTS) is 1. The third-order valence-corrected chi connectivity index (χ3v) is 3.50. The van der Waals surface area contributed by atoms with Crippen LogP contribution in [-0.4, -0.2) is 39.7 Å². The smallest absolute Gasteiger partial charge is 0.320 e. The summed E-state index contributed by atoms with van der Waals surface area (Å²) < 4.78 is 4.98. The number of thioether (sulfide) groups is 1. The van der Waals surface area contributed by atoms with Gasteiger partial charge in [-0.25, -0.2) is 0 Å². The molecule has 1 aromatic rings. The van der Waals surface area contributed by atoms with E-state index >= 15 is 0 Å². The normalized spacial score (nSPS) is 12.4. The van der Waals surface area contributed by atoms with Gasteiger partial charge in [-0.05, 0) is 18.1 Å². The number of anilines is 1. The zero-order chi connectivity index (χ0) is 15.1. The van der Waals surface area contributed by atoms with E-state index in [1.807, 2.05) is 13.8 Å². The quantitative estimate of drug-likeness (QED) is 0.619. The van der Waals surface area contributed by atoms with Crippen LogP contribution in [0.2, 0.25) is 0 Å². The van der Waals surface area contributed by atoms with Crippen molar-refractivity contribution in [2.75, 3.05) is 16.8 Å². The van der Waals surface area contributed by atoms with Crippen LogP contribution in [0.5, 0.6) is 0 Å². The van der Waals surface area contributed by atoms with Gasteiger partial charge in [0.1, 0.15) is 6.04 Å². The molecule has 1 heterocycles. The van der Waals surface area contributed by atoms with Crippen LogP contribution >= 0.6 is 11.8 Å². The molecule has 20 heavy (non-hydrogen) atoms. The average molecular weight is 301 g/mol. The molecule has 1 aromatic heterocycles. The van der Waals surface area contributed by atoms with Gasteiger partial charge in [0.2, 0.25) is 11.8 Å². The highest BCUT2D eigenvalue weighted by Gasteiger charge is 2.12. The molecule has 112 valence electrons. The summed E-state index contributed by atoms with van der Waals surface area (Å²) in [5.41, 5.74) is 6.13. The van der Waals surface area contributed by atoms with E-state index in [9.17, 15) is 9.59 Å². The first-order valence-electron chi connectivity index (χ1n) is 6.22. The molecule has 4 N–H and O–H groups in total. The second kappa shape index (κ2) is 7.91. The minimum Gasteiger partial charge on any atom is -0.480 e. The van der Waals surface area contributed by atoms with Gasteiger partial charge >= 0.3 is 5.97 Å². The van der Waals surface area contributed by atoms with Crippen molar-refractivity contribution < 1.29 is 19.2 Å². The highest BCUT2D eigenvalue weighted by molar-refractivity contribution is 7.99. The molecule has 0 aliphatic heterocycles. The van der Waals surface area contributed by atoms with Gasteiger partial charge in [0.25, 0.3) is 0 Å². The van der Waals surface area contributed by atoms with Crippen molar-refractivity contribution in [2.24, 2.45) is 5.73 Å². The Kier molecular flexibility index (Phi) is 6.53. The monoisotopic (exact) mass is 301 g/mol. The second-order valence-corrected chi connectivity index (χ2v) is 5.71. The molecule has 0 radical (unpaired) electrons. The van der Waals surface area contributed by atoms with Crippen molar-refractivity contribution in [3.63, 3.8) is 0 Å². The Morgan fingerprint density at radius 2 is 2.25 bits per heavy atom. The van der Waals surface area contributed by atoms with E-state index in [0.717, 1.165) is 5.69 Å². The van der Waals surface area contributed by atoms with Crippen LogP contribution in [0.25, 0.3) is 0 Å². The summed E-state index contributed by atoms with van der Waals surface area (Å²) in [6, 6.07) is 0.807. The van der Waals surface area contributed by atoms with Crippen molar-refractivity contribution >= 4 is 29.5 Å². The molecule has 1 unspecified atom stereocenters. The van der Waals surface area contributed by atoms with Crippen LogP contribution in [0, 0.1) is 0 Å². The Balaban J connectivity index is 2.24. The number of hydrogen-bond donors (Lipinski definition) is 3. The zero-order valence-electron chi connectivity index (χ0n) is 11.5. The topological polar surface area (TPSA) is 118 Å². The number of rotatable bonds is 8. The standard InChI is InChI=1S/C12H19N3O4S/c1-7(2)9-5-11(19-15-9)14-10(16)6-20-4-3-8(13)12(17)18/h5,7-8H,3-4,6,13H2,1-2H3,(H,14,16)(H,17,18). The van der Waals surface area contributed by atoms with E-state index in [1.54, 1.807) is 6.07 Å². The van der Waals surface area contributed by atoms with Gasteiger partial charge in [-0.2, -0.15) is 11.8 Å². The van der Waals surface area contributed by atoms with Crippen LogP contribution in [0.3, 0.4) is 0 Å². The fourth-order valence-electron chi connectivity index (χ4n) is 1.29. The number of nitrogens with two attached hydrogens (primary N) is 1. The molecule has 0 saturated carbocycles. The molecule has 0 aromatic carbocycles. The molecule has 0 aliphatic carbocycles. The first-order valence-corrected chi connectivity index (χ1v) is 7.38. The molecule has 1 atom stereocenters. The number of amides is 1. The Morgan fingerprint density at radius 1 is 1.55 bits per heavy atom. The summed E-state index contributed by atoms with van der Waals surface area (Å²) in [5.74, 6) is 0.0274. The highest BCUT2D eigenvalue weighted by atomic mass is 32.2. The minimum atomic E-state index is -1.03. The Morgan fingerprint density at radius 3 is 2.80 bits per heavy atom. The lowest BCUT2D eigenvalue weighted by molar-refractivity contribution is -0.138. The summed E-state index contributed by atoms with van der Waals surface area (Å²) >= 11 is 1.32. The molecule has 1 rings (SSSR count). The predicted molar refractivity (Wildman–Crippen MR) is 76.8 cm³/mol. The van der Waals surface area contributed by atoms with Crippen molar-refractivity contribution in [3.8, 4) is 0 Å². The average Bonchev–Trinajstić information content (AvgIpc) is 2.82. The van der Waals surface area contributed by atoms with Crippen molar-refractivity contribution in [1.82, 2.24) is 5.16 Å². The maximum Gasteiger partial charge on any atom is 0.320 e. The van der Waals surface area contributed by atoms with Crippen LogP contribution in [0.15, 0.2) is 10.6 Å². The van der Waals surface area contributed by atoms with E-state index < -0.39 is 12.0 Å². The fourth-order valence-corrected chi connectivity index (χ4v) is 2.11. The van der Waals surface area contributed by atoms with Gasteiger partial charge in [0.15, 0.2) is 0 Å². The second-order valence-electron chi connectivity index (χ2n) is 4.60. The number of aliphatic carboxylic acids is 1. The molecule has 1 amide bonds. The third kappa shape index (κ3) is 5.62. The number of nitrogens with zero attached hydrogens (tertiary/aromatic N) is 1. The number of carbonyl (C=O) groups excluding carboxylic acids is 1. The van der Waals surface area contributed by atoms with Gasteiger partial charge in [-0.1, -0.05) is 19.0 Å². The summed E-state index contributed by atoms with van der Waals surface area (Å²) in [6.07, 6.45) is 0.326. The third-order valence-electron chi connectivity index (χ3n) is 2.51. The molecule has 0 aliphatic rings. The zero-order valence-corrected chi connectivity index (χ0v) is 12.3. The van der Waals surface area contributed by atoms with Crippen molar-refractivity contribution in [2.45, 2.75) is 32.2 Å². The molecule has 0 saturated heterocycles. The summed E-state index contributed by atoms with van der Waals surface area (Å²) in [6.45, 7) is 3.95. The van der Waals surface area contributed by atoms with Gasteiger partial charge in [-0.15, -0.1) is 0 Å². The maximum atomic E-state index is 11.6. The molecule has 0 spiro atoms. The van der Waals surface area contributed by atoms with Crippen molar-refractivity contribution in [1.29, 1.82) is 0 Å². The number of hydrogen-bond acceptors (Lipinski definition) is 6. The van der Waals surface area contributed by atoms with Crippen LogP contribution in [0.4, 0.5) is 5.88 Å². The Hall–Kier alpha value is -1.54. The fraction of sp³-hybridized carbons (Fsp3) is 0.583. The number of nitrogens with one attached hydrogen (secondary N) is 1. The van der Waals surface area contributed by atoms with Gasteiger partial charge < -0.3 is 15.4 Å². The van der Waals surface area contributed by atoms with Crippen LogP contribution in [-0.2, 0) is 9.59 Å². The molecule has 8 heteroatoms. The van der Waals surface area contributed by atoms with Crippen LogP contribution < -0.4 is 11.1 Å². The van der Waals surface area contributed by atoms with E-state index in [4.69, 9.17) is 15.4 Å². The van der Waals surface area contributed by atoms with E-state index in [-0.39, 0.29) is 17.6 Å². The molecular weight excluding hydrogens is 282 g/mol. The van der Waals surface area contributed by atoms with E-state index in [0.29, 0.717) is 18.1 Å². The van der Waals surface area contributed by atoms with E-state index in [1.165, 1.54) is 11.8 Å².